The molecular weight excluding hydrogens is 334 g/mol. The third-order valence-corrected chi connectivity index (χ3v) is 4.00. The highest BCUT2D eigenvalue weighted by Gasteiger charge is 2.25. The SMILES string of the molecule is CCCC(O)(CCC)CNC(=NCc1nc(C(C)OCC)no1)NCC. The Hall–Kier alpha value is -1.67. The Morgan fingerprint density at radius 2 is 1.92 bits per heavy atom. The number of hydrogen-bond donors (Lipinski definition) is 3. The lowest BCUT2D eigenvalue weighted by molar-refractivity contribution is 0.0257. The fraction of sp³-hybridized carbons (Fsp3) is 0.833. The predicted octanol–water partition coefficient (Wildman–Crippen LogP) is 2.55. The first-order valence-electron chi connectivity index (χ1n) is 9.66. The van der Waals surface area contributed by atoms with E-state index < -0.39 is 5.60 Å². The molecular formula is C18H35N5O3. The molecule has 0 aromatic carbocycles. The number of hydrogen-bond acceptors (Lipinski definition) is 6. The highest BCUT2D eigenvalue weighted by atomic mass is 16.5. The van der Waals surface area contributed by atoms with Crippen LogP contribution in [0.3, 0.4) is 0 Å². The van der Waals surface area contributed by atoms with Gasteiger partial charge in [0, 0.05) is 19.7 Å². The van der Waals surface area contributed by atoms with Crippen LogP contribution in [0.25, 0.3) is 0 Å². The van der Waals surface area contributed by atoms with Crippen LogP contribution in [-0.2, 0) is 11.3 Å². The zero-order valence-corrected chi connectivity index (χ0v) is 16.8. The van der Waals surface area contributed by atoms with E-state index in [9.17, 15) is 5.11 Å². The number of ether oxygens (including phenoxy) is 1. The Morgan fingerprint density at radius 3 is 2.50 bits per heavy atom. The van der Waals surface area contributed by atoms with Gasteiger partial charge in [-0.15, -0.1) is 0 Å². The highest BCUT2D eigenvalue weighted by Crippen LogP contribution is 2.18. The van der Waals surface area contributed by atoms with Crippen LogP contribution in [0.4, 0.5) is 0 Å². The lowest BCUT2D eigenvalue weighted by Gasteiger charge is -2.28. The number of nitrogens with zero attached hydrogens (tertiary/aromatic N) is 3. The van der Waals surface area contributed by atoms with Crippen molar-refractivity contribution in [3.8, 4) is 0 Å². The molecule has 0 aliphatic rings. The van der Waals surface area contributed by atoms with E-state index in [2.05, 4.69) is 39.6 Å². The van der Waals surface area contributed by atoms with Crippen LogP contribution in [0.15, 0.2) is 9.52 Å². The third kappa shape index (κ3) is 7.70. The molecule has 0 spiro atoms. The molecule has 0 amide bonds. The van der Waals surface area contributed by atoms with Gasteiger partial charge in [-0.2, -0.15) is 4.98 Å². The number of nitrogens with one attached hydrogen (secondary N) is 2. The molecule has 0 aliphatic carbocycles. The molecule has 1 atom stereocenters. The van der Waals surface area contributed by atoms with Gasteiger partial charge in [0.2, 0.25) is 5.89 Å². The van der Waals surface area contributed by atoms with E-state index in [1.54, 1.807) is 0 Å². The summed E-state index contributed by atoms with van der Waals surface area (Å²) in [5.74, 6) is 1.58. The van der Waals surface area contributed by atoms with E-state index in [4.69, 9.17) is 9.26 Å². The summed E-state index contributed by atoms with van der Waals surface area (Å²) >= 11 is 0. The topological polar surface area (TPSA) is 105 Å². The molecule has 8 heteroatoms. The molecule has 1 aromatic rings. The summed E-state index contributed by atoms with van der Waals surface area (Å²) < 4.78 is 10.7. The van der Waals surface area contributed by atoms with Crippen molar-refractivity contribution >= 4 is 5.96 Å². The summed E-state index contributed by atoms with van der Waals surface area (Å²) in [6, 6.07) is 0. The standard InChI is InChI=1S/C18H35N5O3/c1-6-10-18(24,11-7-2)13-21-17(19-8-3)20-12-15-22-16(23-26-15)14(5)25-9-4/h14,24H,6-13H2,1-5H3,(H2,19,20,21). The van der Waals surface area contributed by atoms with Gasteiger partial charge < -0.3 is 25.0 Å². The minimum atomic E-state index is -0.718. The smallest absolute Gasteiger partial charge is 0.248 e. The van der Waals surface area contributed by atoms with Crippen LogP contribution in [0.5, 0.6) is 0 Å². The fourth-order valence-electron chi connectivity index (χ4n) is 2.79. The van der Waals surface area contributed by atoms with Crippen molar-refractivity contribution in [2.75, 3.05) is 19.7 Å². The van der Waals surface area contributed by atoms with Crippen LogP contribution in [0.2, 0.25) is 0 Å². The van der Waals surface area contributed by atoms with E-state index >= 15 is 0 Å². The number of guanidine groups is 1. The Kier molecular flexibility index (Phi) is 10.2. The minimum absolute atomic E-state index is 0.203. The van der Waals surface area contributed by atoms with E-state index in [1.807, 2.05) is 20.8 Å². The van der Waals surface area contributed by atoms with E-state index in [-0.39, 0.29) is 12.6 Å². The molecule has 3 N–H and O–H groups in total. The molecule has 0 radical (unpaired) electrons. The van der Waals surface area contributed by atoms with E-state index in [0.29, 0.717) is 30.8 Å². The molecule has 1 rings (SSSR count). The first-order valence-corrected chi connectivity index (χ1v) is 9.66. The highest BCUT2D eigenvalue weighted by molar-refractivity contribution is 5.79. The normalized spacial score (nSPS) is 13.7. The molecule has 0 fully saturated rings. The molecule has 150 valence electrons. The van der Waals surface area contributed by atoms with Gasteiger partial charge in [0.25, 0.3) is 0 Å². The van der Waals surface area contributed by atoms with Gasteiger partial charge in [-0.3, -0.25) is 0 Å². The van der Waals surface area contributed by atoms with Crippen LogP contribution in [0, 0.1) is 0 Å². The maximum atomic E-state index is 10.7. The summed E-state index contributed by atoms with van der Waals surface area (Å²) in [6.45, 7) is 12.0. The molecule has 1 unspecified atom stereocenters. The Balaban J connectivity index is 2.68. The zero-order chi connectivity index (χ0) is 19.4. The Morgan fingerprint density at radius 1 is 1.23 bits per heavy atom. The van der Waals surface area contributed by atoms with Crippen molar-refractivity contribution in [2.24, 2.45) is 4.99 Å². The lowest BCUT2D eigenvalue weighted by Crippen LogP contribution is -2.47. The average molecular weight is 370 g/mol. The number of aliphatic hydroxyl groups is 1. The van der Waals surface area contributed by atoms with Gasteiger partial charge in [0.15, 0.2) is 11.8 Å². The minimum Gasteiger partial charge on any atom is -0.388 e. The molecule has 0 bridgehead atoms. The quantitative estimate of drug-likeness (QED) is 0.384. The van der Waals surface area contributed by atoms with E-state index in [0.717, 1.165) is 32.2 Å². The van der Waals surface area contributed by atoms with Gasteiger partial charge in [-0.05, 0) is 33.6 Å². The van der Waals surface area contributed by atoms with Crippen molar-refractivity contribution in [3.63, 3.8) is 0 Å². The van der Waals surface area contributed by atoms with Crippen molar-refractivity contribution in [2.45, 2.75) is 78.6 Å². The summed E-state index contributed by atoms with van der Waals surface area (Å²) in [6.07, 6.45) is 3.19. The van der Waals surface area contributed by atoms with Crippen LogP contribution >= 0.6 is 0 Å². The molecule has 26 heavy (non-hydrogen) atoms. The first kappa shape index (κ1) is 22.4. The summed E-state index contributed by atoms with van der Waals surface area (Å²) in [5, 5.41) is 21.1. The average Bonchev–Trinajstić information content (AvgIpc) is 3.07. The Labute approximate surface area is 156 Å². The van der Waals surface area contributed by atoms with Gasteiger partial charge in [0.1, 0.15) is 12.6 Å². The zero-order valence-electron chi connectivity index (χ0n) is 16.8. The second-order valence-corrected chi connectivity index (χ2v) is 6.42. The van der Waals surface area contributed by atoms with Gasteiger partial charge in [-0.1, -0.05) is 31.8 Å². The second-order valence-electron chi connectivity index (χ2n) is 6.42. The van der Waals surface area contributed by atoms with Crippen molar-refractivity contribution in [1.29, 1.82) is 0 Å². The van der Waals surface area contributed by atoms with E-state index in [1.165, 1.54) is 0 Å². The second kappa shape index (κ2) is 11.9. The number of rotatable bonds is 12. The van der Waals surface area contributed by atoms with Gasteiger partial charge in [-0.25, -0.2) is 4.99 Å². The van der Waals surface area contributed by atoms with Crippen LogP contribution < -0.4 is 10.6 Å². The van der Waals surface area contributed by atoms with Gasteiger partial charge >= 0.3 is 0 Å². The van der Waals surface area contributed by atoms with Crippen molar-refractivity contribution in [1.82, 2.24) is 20.8 Å². The molecule has 0 saturated carbocycles. The lowest BCUT2D eigenvalue weighted by atomic mass is 9.93. The largest absolute Gasteiger partial charge is 0.388 e. The monoisotopic (exact) mass is 369 g/mol. The number of aromatic nitrogens is 2. The predicted molar refractivity (Wildman–Crippen MR) is 102 cm³/mol. The van der Waals surface area contributed by atoms with Crippen molar-refractivity contribution < 1.29 is 14.4 Å². The van der Waals surface area contributed by atoms with Crippen molar-refractivity contribution in [3.05, 3.63) is 11.7 Å². The molecule has 8 nitrogen and oxygen atoms in total. The summed E-state index contributed by atoms with van der Waals surface area (Å²) in [4.78, 5) is 8.79. The third-order valence-electron chi connectivity index (χ3n) is 4.00. The Bertz CT molecular complexity index is 527. The maximum Gasteiger partial charge on any atom is 0.248 e. The molecule has 0 aliphatic heterocycles. The summed E-state index contributed by atoms with van der Waals surface area (Å²) in [7, 11) is 0. The fourth-order valence-corrected chi connectivity index (χ4v) is 2.79. The first-order chi connectivity index (χ1) is 12.5. The van der Waals surface area contributed by atoms with Crippen LogP contribution in [-0.4, -0.2) is 46.5 Å². The molecule has 1 aromatic heterocycles. The molecule has 1 heterocycles. The van der Waals surface area contributed by atoms with Gasteiger partial charge in [0.05, 0.1) is 5.60 Å². The molecule has 0 saturated heterocycles. The summed E-state index contributed by atoms with van der Waals surface area (Å²) in [5.41, 5.74) is -0.718. The maximum absolute atomic E-state index is 10.7. The van der Waals surface area contributed by atoms with Crippen LogP contribution in [0.1, 0.15) is 78.1 Å². The number of aliphatic imine (C=N–C) groups is 1.